The van der Waals surface area contributed by atoms with Crippen molar-refractivity contribution in [2.45, 2.75) is 42.7 Å². The number of nitrogens with two attached hydrogens (primary N) is 1. The molecule has 1 amide bonds. The van der Waals surface area contributed by atoms with E-state index in [1.165, 1.54) is 0 Å². The molecule has 0 atom stereocenters. The van der Waals surface area contributed by atoms with Crippen molar-refractivity contribution in [3.05, 3.63) is 34.4 Å². The van der Waals surface area contributed by atoms with Crippen LogP contribution in [0.4, 0.5) is 5.69 Å². The molecule has 0 aliphatic heterocycles. The average molecular weight is 357 g/mol. The van der Waals surface area contributed by atoms with Gasteiger partial charge in [0.05, 0.1) is 22.5 Å². The molecule has 0 radical (unpaired) electrons. The highest BCUT2D eigenvalue weighted by molar-refractivity contribution is 7.89. The maximum atomic E-state index is 12.8. The van der Waals surface area contributed by atoms with Crippen LogP contribution in [0.25, 0.3) is 0 Å². The van der Waals surface area contributed by atoms with E-state index in [-0.39, 0.29) is 10.6 Å². The number of nitro groups is 1. The van der Waals surface area contributed by atoms with Gasteiger partial charge in [-0.25, -0.2) is 8.42 Å². The molecule has 0 aromatic heterocycles. The molecule has 1 aromatic carbocycles. The minimum atomic E-state index is -4.03. The second-order valence-corrected chi connectivity index (χ2v) is 7.62. The van der Waals surface area contributed by atoms with E-state index in [4.69, 9.17) is 5.73 Å². The van der Waals surface area contributed by atoms with Crippen LogP contribution in [0.1, 0.15) is 25.7 Å². The third kappa shape index (κ3) is 4.08. The fourth-order valence-corrected chi connectivity index (χ4v) is 4.44. The summed E-state index contributed by atoms with van der Waals surface area (Å²) in [6, 6.07) is 4.03. The van der Waals surface area contributed by atoms with Gasteiger partial charge in [0.25, 0.3) is 5.69 Å². The number of rotatable bonds is 6. The molecule has 1 aliphatic carbocycles. The Bertz CT molecular complexity index is 711. The van der Waals surface area contributed by atoms with Gasteiger partial charge in [0.15, 0.2) is 0 Å². The van der Waals surface area contributed by atoms with E-state index in [1.54, 1.807) is 0 Å². The lowest BCUT2D eigenvalue weighted by molar-refractivity contribution is -0.384. The molecule has 2 rings (SSSR count). The molecule has 132 valence electrons. The average Bonchev–Trinajstić information content (AvgIpc) is 2.53. The molecule has 1 fully saturated rings. The lowest BCUT2D eigenvalue weighted by Crippen LogP contribution is -2.46. The van der Waals surface area contributed by atoms with E-state index in [0.717, 1.165) is 28.6 Å². The molecular formula is C14H19N3O6S. The van der Waals surface area contributed by atoms with Crippen LogP contribution < -0.4 is 5.73 Å². The van der Waals surface area contributed by atoms with E-state index in [9.17, 15) is 28.4 Å². The van der Waals surface area contributed by atoms with Crippen LogP contribution in [0.15, 0.2) is 29.2 Å². The van der Waals surface area contributed by atoms with Gasteiger partial charge < -0.3 is 10.8 Å². The Labute approximate surface area is 139 Å². The molecule has 9 nitrogen and oxygen atoms in total. The predicted molar refractivity (Wildman–Crippen MR) is 84.4 cm³/mol. The Morgan fingerprint density at radius 2 is 1.79 bits per heavy atom. The zero-order chi connectivity index (χ0) is 17.9. The fourth-order valence-electron chi connectivity index (χ4n) is 2.79. The molecule has 0 unspecified atom stereocenters. The number of nitrogens with zero attached hydrogens (tertiary/aromatic N) is 2. The number of aliphatic hydroxyl groups is 1. The van der Waals surface area contributed by atoms with Crippen LogP contribution in [0, 0.1) is 10.1 Å². The first-order valence-corrected chi connectivity index (χ1v) is 8.88. The molecule has 1 saturated carbocycles. The Kier molecular flexibility index (Phi) is 5.52. The molecule has 10 heteroatoms. The highest BCUT2D eigenvalue weighted by atomic mass is 32.2. The third-order valence-electron chi connectivity index (χ3n) is 4.04. The third-order valence-corrected chi connectivity index (χ3v) is 5.95. The van der Waals surface area contributed by atoms with Crippen molar-refractivity contribution in [2.24, 2.45) is 5.73 Å². The largest absolute Gasteiger partial charge is 0.393 e. The minimum absolute atomic E-state index is 0.138. The number of sulfonamides is 1. The lowest BCUT2D eigenvalue weighted by Gasteiger charge is -2.34. The SMILES string of the molecule is NC(=O)CN(C1CCC(O)CC1)S(=O)(=O)c1ccc([N+](=O)[O-])cc1. The van der Waals surface area contributed by atoms with Gasteiger partial charge in [-0.3, -0.25) is 14.9 Å². The maximum absolute atomic E-state index is 12.8. The smallest absolute Gasteiger partial charge is 0.269 e. The quantitative estimate of drug-likeness (QED) is 0.556. The number of benzene rings is 1. The van der Waals surface area contributed by atoms with Gasteiger partial charge in [-0.2, -0.15) is 4.31 Å². The number of hydrogen-bond donors (Lipinski definition) is 2. The van der Waals surface area contributed by atoms with Crippen LogP contribution in [-0.2, 0) is 14.8 Å². The topological polar surface area (TPSA) is 144 Å². The number of amides is 1. The zero-order valence-corrected chi connectivity index (χ0v) is 13.7. The van der Waals surface area contributed by atoms with Gasteiger partial charge >= 0.3 is 0 Å². The minimum Gasteiger partial charge on any atom is -0.393 e. The van der Waals surface area contributed by atoms with Crippen molar-refractivity contribution in [3.63, 3.8) is 0 Å². The standard InChI is InChI=1S/C14H19N3O6S/c15-14(19)9-16(10-1-5-12(18)6-2-10)24(22,23)13-7-3-11(4-8-13)17(20)21/h3-4,7-8,10,12,18H,1-2,5-6,9H2,(H2,15,19). The van der Waals surface area contributed by atoms with Crippen LogP contribution in [0.2, 0.25) is 0 Å². The highest BCUT2D eigenvalue weighted by Crippen LogP contribution is 2.28. The number of carbonyl (C=O) groups excluding carboxylic acids is 1. The van der Waals surface area contributed by atoms with E-state index in [1.807, 2.05) is 0 Å². The van der Waals surface area contributed by atoms with Gasteiger partial charge in [0.2, 0.25) is 15.9 Å². The molecule has 0 spiro atoms. The summed E-state index contributed by atoms with van der Waals surface area (Å²) in [6.07, 6.45) is 1.24. The number of hydrogen-bond acceptors (Lipinski definition) is 6. The van der Waals surface area contributed by atoms with E-state index in [0.29, 0.717) is 25.7 Å². The first kappa shape index (κ1) is 18.3. The van der Waals surface area contributed by atoms with E-state index in [2.05, 4.69) is 0 Å². The normalized spacial score (nSPS) is 21.6. The molecule has 1 aliphatic rings. The fraction of sp³-hybridized carbons (Fsp3) is 0.500. The van der Waals surface area contributed by atoms with Crippen molar-refractivity contribution in [2.75, 3.05) is 6.54 Å². The summed E-state index contributed by atoms with van der Waals surface area (Å²) < 4.78 is 26.7. The summed E-state index contributed by atoms with van der Waals surface area (Å²) in [6.45, 7) is -0.472. The summed E-state index contributed by atoms with van der Waals surface area (Å²) >= 11 is 0. The van der Waals surface area contributed by atoms with Gasteiger partial charge in [0, 0.05) is 18.2 Å². The number of nitro benzene ring substituents is 1. The number of aliphatic hydroxyl groups excluding tert-OH is 1. The summed E-state index contributed by atoms with van der Waals surface area (Å²) in [4.78, 5) is 21.2. The van der Waals surface area contributed by atoms with E-state index < -0.39 is 39.5 Å². The van der Waals surface area contributed by atoms with Gasteiger partial charge in [-0.05, 0) is 37.8 Å². The Balaban J connectivity index is 2.32. The predicted octanol–water partition coefficient (Wildman–Crippen LogP) is 0.374. The summed E-state index contributed by atoms with van der Waals surface area (Å²) in [5.41, 5.74) is 4.96. The van der Waals surface area contributed by atoms with Crippen molar-refractivity contribution in [1.29, 1.82) is 0 Å². The Hall–Kier alpha value is -2.04. The van der Waals surface area contributed by atoms with Gasteiger partial charge in [-0.1, -0.05) is 0 Å². The molecule has 1 aromatic rings. The molecular weight excluding hydrogens is 338 g/mol. The van der Waals surface area contributed by atoms with Crippen LogP contribution >= 0.6 is 0 Å². The van der Waals surface area contributed by atoms with Gasteiger partial charge in [0.1, 0.15) is 0 Å². The maximum Gasteiger partial charge on any atom is 0.269 e. The second-order valence-electron chi connectivity index (χ2n) is 5.73. The Morgan fingerprint density at radius 3 is 2.25 bits per heavy atom. The first-order valence-electron chi connectivity index (χ1n) is 7.44. The number of non-ortho nitro benzene ring substituents is 1. The lowest BCUT2D eigenvalue weighted by atomic mass is 9.93. The second kappa shape index (κ2) is 7.24. The molecule has 0 bridgehead atoms. The molecule has 3 N–H and O–H groups in total. The van der Waals surface area contributed by atoms with Crippen LogP contribution in [0.5, 0.6) is 0 Å². The molecule has 0 heterocycles. The van der Waals surface area contributed by atoms with Crippen molar-refractivity contribution < 1.29 is 23.2 Å². The van der Waals surface area contributed by atoms with E-state index >= 15 is 0 Å². The zero-order valence-electron chi connectivity index (χ0n) is 12.9. The van der Waals surface area contributed by atoms with Crippen molar-refractivity contribution in [1.82, 2.24) is 4.31 Å². The number of carbonyl (C=O) groups is 1. The summed E-state index contributed by atoms with van der Waals surface area (Å²) in [7, 11) is -4.03. The molecule has 24 heavy (non-hydrogen) atoms. The highest BCUT2D eigenvalue weighted by Gasteiger charge is 2.35. The van der Waals surface area contributed by atoms with Crippen molar-refractivity contribution in [3.8, 4) is 0 Å². The van der Waals surface area contributed by atoms with Crippen molar-refractivity contribution >= 4 is 21.6 Å². The Morgan fingerprint density at radius 1 is 1.25 bits per heavy atom. The summed E-state index contributed by atoms with van der Waals surface area (Å²) in [5, 5.41) is 20.2. The van der Waals surface area contributed by atoms with Crippen LogP contribution in [-0.4, -0.2) is 47.4 Å². The van der Waals surface area contributed by atoms with Gasteiger partial charge in [-0.15, -0.1) is 0 Å². The first-order chi connectivity index (χ1) is 11.2. The van der Waals surface area contributed by atoms with Crippen LogP contribution in [0.3, 0.4) is 0 Å². The number of primary amides is 1. The monoisotopic (exact) mass is 357 g/mol. The molecule has 0 saturated heterocycles. The summed E-state index contributed by atoms with van der Waals surface area (Å²) in [5.74, 6) is -0.786.